The minimum Gasteiger partial charge on any atom is -0.393 e. The molecule has 0 amide bonds. The zero-order valence-electron chi connectivity index (χ0n) is 19.0. The summed E-state index contributed by atoms with van der Waals surface area (Å²) in [6, 6.07) is 5.26. The molecular formula is C27H35F3O2. The summed E-state index contributed by atoms with van der Waals surface area (Å²) in [6.45, 7) is 4.68. The van der Waals surface area contributed by atoms with E-state index >= 15 is 0 Å². The second kappa shape index (κ2) is 7.59. The molecule has 2 N–H and O–H groups in total. The van der Waals surface area contributed by atoms with Crippen molar-refractivity contribution in [3.8, 4) is 0 Å². The molecule has 176 valence electrons. The quantitative estimate of drug-likeness (QED) is 0.517. The third-order valence-corrected chi connectivity index (χ3v) is 10.1. The van der Waals surface area contributed by atoms with Crippen LogP contribution >= 0.6 is 0 Å². The third-order valence-electron chi connectivity index (χ3n) is 10.1. The Morgan fingerprint density at radius 2 is 1.59 bits per heavy atom. The van der Waals surface area contributed by atoms with Crippen molar-refractivity contribution in [1.29, 1.82) is 0 Å². The van der Waals surface area contributed by atoms with Gasteiger partial charge in [-0.1, -0.05) is 32.1 Å². The number of fused-ring (bicyclic) bond motifs is 5. The van der Waals surface area contributed by atoms with E-state index in [0.717, 1.165) is 74.6 Å². The Morgan fingerprint density at radius 3 is 2.28 bits per heavy atom. The molecule has 5 heteroatoms. The Kier molecular flexibility index (Phi) is 5.33. The van der Waals surface area contributed by atoms with Gasteiger partial charge in [0.15, 0.2) is 0 Å². The van der Waals surface area contributed by atoms with Crippen molar-refractivity contribution in [1.82, 2.24) is 0 Å². The van der Waals surface area contributed by atoms with E-state index in [4.69, 9.17) is 0 Å². The Balaban J connectivity index is 1.40. The van der Waals surface area contributed by atoms with Crippen LogP contribution in [0.5, 0.6) is 0 Å². The van der Waals surface area contributed by atoms with Crippen molar-refractivity contribution in [3.05, 3.63) is 41.0 Å². The molecule has 4 aliphatic rings. The number of alkyl halides is 3. The third kappa shape index (κ3) is 3.46. The van der Waals surface area contributed by atoms with E-state index in [0.29, 0.717) is 23.7 Å². The summed E-state index contributed by atoms with van der Waals surface area (Å²) in [4.78, 5) is 0. The van der Waals surface area contributed by atoms with Gasteiger partial charge in [-0.2, -0.15) is 13.2 Å². The van der Waals surface area contributed by atoms with Crippen LogP contribution in [0.2, 0.25) is 0 Å². The molecule has 1 aromatic carbocycles. The predicted molar refractivity (Wildman–Crippen MR) is 119 cm³/mol. The molecule has 0 bridgehead atoms. The summed E-state index contributed by atoms with van der Waals surface area (Å²) in [6.07, 6.45) is 5.13. The second-order valence-electron chi connectivity index (χ2n) is 11.6. The van der Waals surface area contributed by atoms with Gasteiger partial charge >= 0.3 is 6.18 Å². The largest absolute Gasteiger partial charge is 0.416 e. The lowest BCUT2D eigenvalue weighted by atomic mass is 9.45. The van der Waals surface area contributed by atoms with E-state index in [2.05, 4.69) is 13.8 Å². The topological polar surface area (TPSA) is 40.5 Å². The van der Waals surface area contributed by atoms with Crippen LogP contribution in [0.4, 0.5) is 13.2 Å². The zero-order chi connectivity index (χ0) is 22.9. The molecule has 0 aliphatic heterocycles. The fourth-order valence-corrected chi connectivity index (χ4v) is 8.22. The molecule has 5 rings (SSSR count). The van der Waals surface area contributed by atoms with Crippen molar-refractivity contribution < 1.29 is 23.4 Å². The van der Waals surface area contributed by atoms with Gasteiger partial charge in [-0.05, 0) is 104 Å². The Bertz CT molecular complexity index is 891. The first-order chi connectivity index (χ1) is 15.0. The van der Waals surface area contributed by atoms with E-state index in [9.17, 15) is 23.4 Å². The Labute approximate surface area is 188 Å². The monoisotopic (exact) mass is 448 g/mol. The highest BCUT2D eigenvalue weighted by Crippen LogP contribution is 2.67. The van der Waals surface area contributed by atoms with Crippen molar-refractivity contribution in [2.75, 3.05) is 0 Å². The highest BCUT2D eigenvalue weighted by Gasteiger charge is 2.61. The van der Waals surface area contributed by atoms with Gasteiger partial charge in [0.1, 0.15) is 0 Å². The van der Waals surface area contributed by atoms with Crippen LogP contribution in [-0.4, -0.2) is 22.4 Å². The number of hydrogen-bond acceptors (Lipinski definition) is 2. The molecular weight excluding hydrogens is 413 g/mol. The molecule has 8 atom stereocenters. The van der Waals surface area contributed by atoms with Gasteiger partial charge in [0, 0.05) is 5.41 Å². The van der Waals surface area contributed by atoms with Gasteiger partial charge in [-0.25, -0.2) is 0 Å². The van der Waals surface area contributed by atoms with Gasteiger partial charge in [0.2, 0.25) is 0 Å². The standard InChI is InChI=1S/C27H35F3O2/c1-25-11-9-20(31)15-19(25)7-8-21-22(25)10-12-26(2)23(21)14-17(24(26)32)13-16-3-5-18(6-4-16)27(28,29)30/h3-6,13,19-24,31-32H,7-12,14-15H2,1-2H3/b17-13+/t19-,20-,21+,22-,23-,24-,25-,26-/m0/s1. The van der Waals surface area contributed by atoms with Crippen molar-refractivity contribution in [3.63, 3.8) is 0 Å². The summed E-state index contributed by atoms with van der Waals surface area (Å²) in [7, 11) is 0. The normalized spacial score (nSPS) is 45.3. The van der Waals surface area contributed by atoms with Crippen molar-refractivity contribution in [2.24, 2.45) is 34.5 Å². The number of aliphatic hydroxyl groups excluding tert-OH is 2. The number of aliphatic hydroxyl groups is 2. The number of hydrogen-bond donors (Lipinski definition) is 2. The summed E-state index contributed by atoms with van der Waals surface area (Å²) >= 11 is 0. The fourth-order valence-electron chi connectivity index (χ4n) is 8.22. The van der Waals surface area contributed by atoms with E-state index < -0.39 is 17.8 Å². The lowest BCUT2D eigenvalue weighted by Crippen LogP contribution is -2.54. The molecule has 0 heterocycles. The number of rotatable bonds is 1. The molecule has 32 heavy (non-hydrogen) atoms. The van der Waals surface area contributed by atoms with E-state index in [-0.39, 0.29) is 16.9 Å². The minimum atomic E-state index is -4.33. The molecule has 2 nitrogen and oxygen atoms in total. The van der Waals surface area contributed by atoms with Crippen molar-refractivity contribution in [2.45, 2.75) is 83.6 Å². The summed E-state index contributed by atoms with van der Waals surface area (Å²) in [5.41, 5.74) is 1.19. The lowest BCUT2D eigenvalue weighted by Gasteiger charge is -2.60. The number of benzene rings is 1. The smallest absolute Gasteiger partial charge is 0.393 e. The van der Waals surface area contributed by atoms with E-state index in [1.54, 1.807) is 0 Å². The van der Waals surface area contributed by atoms with E-state index in [1.165, 1.54) is 12.1 Å². The molecule has 0 radical (unpaired) electrons. The van der Waals surface area contributed by atoms with Gasteiger partial charge < -0.3 is 10.2 Å². The van der Waals surface area contributed by atoms with Gasteiger partial charge in [0.05, 0.1) is 17.8 Å². The molecule has 0 aromatic heterocycles. The molecule has 0 saturated heterocycles. The van der Waals surface area contributed by atoms with Crippen LogP contribution in [0.15, 0.2) is 29.8 Å². The van der Waals surface area contributed by atoms with Crippen LogP contribution < -0.4 is 0 Å². The van der Waals surface area contributed by atoms with Gasteiger partial charge in [-0.3, -0.25) is 0 Å². The molecule has 4 aliphatic carbocycles. The average molecular weight is 449 g/mol. The van der Waals surface area contributed by atoms with Crippen molar-refractivity contribution >= 4 is 6.08 Å². The zero-order valence-corrected chi connectivity index (χ0v) is 19.0. The highest BCUT2D eigenvalue weighted by molar-refractivity contribution is 5.56. The maximum Gasteiger partial charge on any atom is 0.416 e. The molecule has 4 fully saturated rings. The first kappa shape index (κ1) is 22.5. The molecule has 1 aromatic rings. The van der Waals surface area contributed by atoms with Crippen LogP contribution in [0.25, 0.3) is 6.08 Å². The lowest BCUT2D eigenvalue weighted by molar-refractivity contribution is -0.137. The first-order valence-electron chi connectivity index (χ1n) is 12.3. The molecule has 4 saturated carbocycles. The first-order valence-corrected chi connectivity index (χ1v) is 12.3. The fraction of sp³-hybridized carbons (Fsp3) is 0.704. The Hall–Kier alpha value is -1.33. The summed E-state index contributed by atoms with van der Waals surface area (Å²) in [5.74, 6) is 2.25. The average Bonchev–Trinajstić information content (AvgIpc) is 2.99. The summed E-state index contributed by atoms with van der Waals surface area (Å²) in [5, 5.41) is 21.5. The minimum absolute atomic E-state index is 0.148. The highest BCUT2D eigenvalue weighted by atomic mass is 19.4. The SMILES string of the molecule is C[C@]12CC[C@H](O)C[C@@H]1CC[C@@H]1[C@@H]2CC[C@]2(C)[C@@H](O)/C(=C/c3ccc(C(F)(F)F)cc3)C[C@@H]12. The van der Waals surface area contributed by atoms with E-state index in [1.807, 2.05) is 6.08 Å². The van der Waals surface area contributed by atoms with Crippen LogP contribution in [0, 0.1) is 34.5 Å². The maximum absolute atomic E-state index is 12.9. The summed E-state index contributed by atoms with van der Waals surface area (Å²) < 4.78 is 38.7. The maximum atomic E-state index is 12.9. The molecule has 0 spiro atoms. The second-order valence-corrected chi connectivity index (χ2v) is 11.6. The van der Waals surface area contributed by atoms with Crippen LogP contribution in [0.3, 0.4) is 0 Å². The number of halogens is 3. The predicted octanol–water partition coefficient (Wildman–Crippen LogP) is 6.46. The van der Waals surface area contributed by atoms with Crippen LogP contribution in [-0.2, 0) is 6.18 Å². The Morgan fingerprint density at radius 1 is 0.906 bits per heavy atom. The van der Waals surface area contributed by atoms with Crippen LogP contribution in [0.1, 0.15) is 76.3 Å². The van der Waals surface area contributed by atoms with Gasteiger partial charge in [-0.15, -0.1) is 0 Å². The molecule has 0 unspecified atom stereocenters. The van der Waals surface area contributed by atoms with Gasteiger partial charge in [0.25, 0.3) is 0 Å².